The van der Waals surface area contributed by atoms with E-state index in [1.165, 1.54) is 57.8 Å². The quantitative estimate of drug-likeness (QED) is 0.168. The average Bonchev–Trinajstić information content (AvgIpc) is 2.77. The molecule has 1 aliphatic rings. The van der Waals surface area contributed by atoms with Gasteiger partial charge in [-0.15, -0.1) is 0 Å². The van der Waals surface area contributed by atoms with E-state index in [1.54, 1.807) is 0 Å². The van der Waals surface area contributed by atoms with Crippen molar-refractivity contribution in [2.24, 2.45) is 23.7 Å². The van der Waals surface area contributed by atoms with Gasteiger partial charge in [0, 0.05) is 0 Å². The summed E-state index contributed by atoms with van der Waals surface area (Å²) in [5.41, 5.74) is 0. The molecular formula is C28H52O4. The van der Waals surface area contributed by atoms with Crippen molar-refractivity contribution in [2.75, 3.05) is 0 Å². The largest absolute Gasteiger partial charge is 0.481 e. The van der Waals surface area contributed by atoms with Gasteiger partial charge in [-0.2, -0.15) is 0 Å². The maximum Gasteiger partial charge on any atom is 0.309 e. The summed E-state index contributed by atoms with van der Waals surface area (Å²) in [6.45, 7) is 9.04. The number of esters is 1. The van der Waals surface area contributed by atoms with E-state index in [2.05, 4.69) is 27.7 Å². The molecule has 1 fully saturated rings. The van der Waals surface area contributed by atoms with Gasteiger partial charge >= 0.3 is 11.9 Å². The third kappa shape index (κ3) is 12.3. The Bertz CT molecular complexity index is 494. The zero-order valence-corrected chi connectivity index (χ0v) is 21.6. The monoisotopic (exact) mass is 452 g/mol. The van der Waals surface area contributed by atoms with Gasteiger partial charge in [-0.3, -0.25) is 9.59 Å². The molecule has 188 valence electrons. The van der Waals surface area contributed by atoms with Crippen molar-refractivity contribution in [3.8, 4) is 0 Å². The van der Waals surface area contributed by atoms with Crippen molar-refractivity contribution in [2.45, 2.75) is 143 Å². The molecule has 0 radical (unpaired) electrons. The molecule has 1 rings (SSSR count). The Kier molecular flexibility index (Phi) is 15.8. The molecule has 0 aromatic heterocycles. The Morgan fingerprint density at radius 1 is 0.781 bits per heavy atom. The first kappa shape index (κ1) is 29.0. The Morgan fingerprint density at radius 2 is 1.31 bits per heavy atom. The van der Waals surface area contributed by atoms with Gasteiger partial charge in [-0.05, 0) is 63.2 Å². The van der Waals surface area contributed by atoms with Crippen molar-refractivity contribution in [1.29, 1.82) is 0 Å². The van der Waals surface area contributed by atoms with E-state index in [4.69, 9.17) is 4.74 Å². The summed E-state index contributed by atoms with van der Waals surface area (Å²) in [5.74, 6) is 0.0846. The minimum absolute atomic E-state index is 0.0299. The van der Waals surface area contributed by atoms with Crippen LogP contribution in [-0.2, 0) is 14.3 Å². The van der Waals surface area contributed by atoms with Gasteiger partial charge in [0.05, 0.1) is 11.8 Å². The SMILES string of the molecule is CCCCC(CC)C(CCCCCCCCCC(C)C)OC(=O)C1CCC(C(=O)O)CC1. The smallest absolute Gasteiger partial charge is 0.309 e. The molecule has 0 amide bonds. The molecule has 0 aromatic carbocycles. The summed E-state index contributed by atoms with van der Waals surface area (Å²) in [7, 11) is 0. The Labute approximate surface area is 198 Å². The molecular weight excluding hydrogens is 400 g/mol. The topological polar surface area (TPSA) is 63.6 Å². The predicted octanol–water partition coefficient (Wildman–Crippen LogP) is 8.17. The molecule has 4 heteroatoms. The third-order valence-electron chi connectivity index (χ3n) is 7.43. The maximum atomic E-state index is 12.9. The number of carbonyl (C=O) groups excluding carboxylic acids is 1. The number of carboxylic acids is 1. The molecule has 0 spiro atoms. The average molecular weight is 453 g/mol. The highest BCUT2D eigenvalue weighted by Crippen LogP contribution is 2.32. The number of unbranched alkanes of at least 4 members (excludes halogenated alkanes) is 7. The van der Waals surface area contributed by atoms with Crippen LogP contribution >= 0.6 is 0 Å². The minimum Gasteiger partial charge on any atom is -0.481 e. The lowest BCUT2D eigenvalue weighted by molar-refractivity contribution is -0.160. The van der Waals surface area contributed by atoms with E-state index >= 15 is 0 Å². The number of hydrogen-bond donors (Lipinski definition) is 1. The predicted molar refractivity (Wildman–Crippen MR) is 133 cm³/mol. The highest BCUT2D eigenvalue weighted by atomic mass is 16.5. The van der Waals surface area contributed by atoms with Crippen LogP contribution in [0.5, 0.6) is 0 Å². The van der Waals surface area contributed by atoms with E-state index in [9.17, 15) is 14.7 Å². The molecule has 1 saturated carbocycles. The van der Waals surface area contributed by atoms with Gasteiger partial charge in [-0.25, -0.2) is 0 Å². The van der Waals surface area contributed by atoms with E-state index in [0.717, 1.165) is 31.6 Å². The van der Waals surface area contributed by atoms with Gasteiger partial charge in [0.25, 0.3) is 0 Å². The van der Waals surface area contributed by atoms with Crippen LogP contribution in [0, 0.1) is 23.7 Å². The second-order valence-electron chi connectivity index (χ2n) is 10.6. The van der Waals surface area contributed by atoms with Crippen molar-refractivity contribution in [1.82, 2.24) is 0 Å². The normalized spacial score (nSPS) is 20.8. The van der Waals surface area contributed by atoms with Crippen LogP contribution < -0.4 is 0 Å². The Hall–Kier alpha value is -1.06. The second-order valence-corrected chi connectivity index (χ2v) is 10.6. The molecule has 0 aromatic rings. The summed E-state index contributed by atoms with van der Waals surface area (Å²) in [5, 5.41) is 9.20. The third-order valence-corrected chi connectivity index (χ3v) is 7.43. The molecule has 0 saturated heterocycles. The highest BCUT2D eigenvalue weighted by Gasteiger charge is 2.33. The Morgan fingerprint density at radius 3 is 1.81 bits per heavy atom. The maximum absolute atomic E-state index is 12.9. The first-order valence-electron chi connectivity index (χ1n) is 13.8. The van der Waals surface area contributed by atoms with Crippen molar-refractivity contribution >= 4 is 11.9 Å². The van der Waals surface area contributed by atoms with Crippen molar-refractivity contribution < 1.29 is 19.4 Å². The lowest BCUT2D eigenvalue weighted by Gasteiger charge is -2.30. The number of ether oxygens (including phenoxy) is 1. The number of rotatable bonds is 18. The Balaban J connectivity index is 2.42. The fraction of sp³-hybridized carbons (Fsp3) is 0.929. The van der Waals surface area contributed by atoms with Crippen LogP contribution in [-0.4, -0.2) is 23.1 Å². The number of aliphatic carboxylic acids is 1. The fourth-order valence-corrected chi connectivity index (χ4v) is 5.11. The van der Waals surface area contributed by atoms with Crippen molar-refractivity contribution in [3.05, 3.63) is 0 Å². The summed E-state index contributed by atoms with van der Waals surface area (Å²) in [6.07, 6.45) is 18.5. The van der Waals surface area contributed by atoms with Crippen molar-refractivity contribution in [3.63, 3.8) is 0 Å². The van der Waals surface area contributed by atoms with Gasteiger partial charge in [0.15, 0.2) is 0 Å². The highest BCUT2D eigenvalue weighted by molar-refractivity contribution is 5.74. The first-order valence-corrected chi connectivity index (χ1v) is 13.8. The summed E-state index contributed by atoms with van der Waals surface area (Å²) < 4.78 is 6.13. The molecule has 1 N–H and O–H groups in total. The second kappa shape index (κ2) is 17.4. The lowest BCUT2D eigenvalue weighted by atomic mass is 9.82. The first-order chi connectivity index (χ1) is 15.4. The molecule has 2 unspecified atom stereocenters. The molecule has 0 aliphatic heterocycles. The lowest BCUT2D eigenvalue weighted by Crippen LogP contribution is -2.32. The van der Waals surface area contributed by atoms with Crippen LogP contribution in [0.25, 0.3) is 0 Å². The number of hydrogen-bond acceptors (Lipinski definition) is 3. The van der Waals surface area contributed by atoms with Crippen LogP contribution in [0.1, 0.15) is 137 Å². The van der Waals surface area contributed by atoms with Crippen LogP contribution in [0.15, 0.2) is 0 Å². The van der Waals surface area contributed by atoms with Gasteiger partial charge in [-0.1, -0.05) is 85.5 Å². The summed E-state index contributed by atoms with van der Waals surface area (Å²) in [4.78, 5) is 24.1. The van der Waals surface area contributed by atoms with Crippen LogP contribution in [0.2, 0.25) is 0 Å². The van der Waals surface area contributed by atoms with E-state index in [0.29, 0.717) is 31.6 Å². The minimum atomic E-state index is -0.722. The summed E-state index contributed by atoms with van der Waals surface area (Å²) >= 11 is 0. The zero-order valence-electron chi connectivity index (χ0n) is 21.6. The van der Waals surface area contributed by atoms with Crippen LogP contribution in [0.3, 0.4) is 0 Å². The number of carboxylic acid groups (broad SMARTS) is 1. The molecule has 0 heterocycles. The molecule has 32 heavy (non-hydrogen) atoms. The van der Waals surface area contributed by atoms with E-state index < -0.39 is 5.97 Å². The zero-order chi connectivity index (χ0) is 23.8. The number of carbonyl (C=O) groups is 2. The van der Waals surface area contributed by atoms with Gasteiger partial charge in [0.2, 0.25) is 0 Å². The standard InChI is InChI=1S/C28H52O4/c1-5-7-16-23(6-2)26(17-14-12-10-8-9-11-13-15-22(3)4)32-28(31)25-20-18-24(19-21-25)27(29)30/h22-26H,5-21H2,1-4H3,(H,29,30). The van der Waals surface area contributed by atoms with Gasteiger partial charge in [0.1, 0.15) is 6.10 Å². The fourth-order valence-electron chi connectivity index (χ4n) is 5.11. The van der Waals surface area contributed by atoms with Gasteiger partial charge < -0.3 is 9.84 Å². The molecule has 2 atom stereocenters. The van der Waals surface area contributed by atoms with E-state index in [1.807, 2.05) is 0 Å². The molecule has 1 aliphatic carbocycles. The molecule has 0 bridgehead atoms. The van der Waals surface area contributed by atoms with E-state index in [-0.39, 0.29) is 23.9 Å². The summed E-state index contributed by atoms with van der Waals surface area (Å²) in [6, 6.07) is 0. The van der Waals surface area contributed by atoms with Crippen LogP contribution in [0.4, 0.5) is 0 Å². The molecule has 4 nitrogen and oxygen atoms in total.